The molecule has 1 amide bonds. The van der Waals surface area contributed by atoms with Crippen molar-refractivity contribution in [3.63, 3.8) is 0 Å². The lowest BCUT2D eigenvalue weighted by atomic mass is 9.93. The van der Waals surface area contributed by atoms with Gasteiger partial charge in [-0.1, -0.05) is 12.1 Å². The first-order chi connectivity index (χ1) is 21.5. The number of rotatable bonds is 11. The van der Waals surface area contributed by atoms with Crippen molar-refractivity contribution < 1.29 is 23.8 Å². The Hall–Kier alpha value is -4.37. The number of piperidine rings is 1. The van der Waals surface area contributed by atoms with Crippen LogP contribution in [0.25, 0.3) is 11.0 Å². The minimum absolute atomic E-state index is 0.0359. The van der Waals surface area contributed by atoms with Crippen molar-refractivity contribution in [2.24, 2.45) is 0 Å². The Bertz CT molecular complexity index is 1670. The number of hydrogen-bond acceptors (Lipinski definition) is 8. The average molecular weight is 599 g/mol. The Morgan fingerprint density at radius 2 is 1.98 bits per heavy atom. The van der Waals surface area contributed by atoms with Crippen LogP contribution < -0.4 is 10.1 Å². The van der Waals surface area contributed by atoms with Gasteiger partial charge < -0.3 is 24.5 Å². The molecular formula is C33H35FN6O4. The summed E-state index contributed by atoms with van der Waals surface area (Å²) in [6.07, 6.45) is 3.00. The third-order valence-corrected chi connectivity index (χ3v) is 8.34. The van der Waals surface area contributed by atoms with E-state index in [0.717, 1.165) is 61.5 Å². The number of amides is 1. The standard InChI is InChI=1S/C33H35FN6O4/c34-27-16-22(18-35)4-5-25(27)21-44-32-3-1-2-28(38-32)23-8-12-39(13-9-23)20-31-37-29-7-6-24(33(42)36-11-14-41)17-30(29)40(31)19-26-10-15-43-26/h1-7,16-17,23,26,41H,8-15,19-21H2,(H,36,42)/t26-/m0/s1. The summed E-state index contributed by atoms with van der Waals surface area (Å²) in [4.78, 5) is 24.6. The van der Waals surface area contributed by atoms with Gasteiger partial charge in [0.05, 0.1) is 48.5 Å². The van der Waals surface area contributed by atoms with Crippen LogP contribution in [0.1, 0.15) is 58.2 Å². The van der Waals surface area contributed by atoms with Gasteiger partial charge in [-0.2, -0.15) is 5.26 Å². The van der Waals surface area contributed by atoms with Crippen molar-refractivity contribution in [3.8, 4) is 11.9 Å². The molecule has 0 radical (unpaired) electrons. The third-order valence-electron chi connectivity index (χ3n) is 8.34. The van der Waals surface area contributed by atoms with E-state index < -0.39 is 5.82 Å². The molecule has 11 heteroatoms. The summed E-state index contributed by atoms with van der Waals surface area (Å²) in [7, 11) is 0. The molecule has 1 atom stereocenters. The Morgan fingerprint density at radius 3 is 2.70 bits per heavy atom. The SMILES string of the molecule is N#Cc1ccc(COc2cccc(C3CCN(Cc4nc5ccc(C(=O)NCCO)cc5n4C[C@@H]4CCO4)CC3)n2)c(F)c1. The molecule has 0 aliphatic carbocycles. The molecule has 2 N–H and O–H groups in total. The number of likely N-dealkylation sites (tertiary alicyclic amines) is 1. The molecule has 2 aromatic heterocycles. The number of aliphatic hydroxyl groups is 1. The molecule has 228 valence electrons. The average Bonchev–Trinajstić information content (AvgIpc) is 3.37. The van der Waals surface area contributed by atoms with Gasteiger partial charge in [0.25, 0.3) is 5.91 Å². The fourth-order valence-electron chi connectivity index (χ4n) is 5.75. The van der Waals surface area contributed by atoms with Gasteiger partial charge in [-0.15, -0.1) is 0 Å². The van der Waals surface area contributed by atoms with E-state index in [1.807, 2.05) is 30.3 Å². The summed E-state index contributed by atoms with van der Waals surface area (Å²) >= 11 is 0. The van der Waals surface area contributed by atoms with Gasteiger partial charge in [0, 0.05) is 42.0 Å². The van der Waals surface area contributed by atoms with E-state index in [4.69, 9.17) is 29.8 Å². The van der Waals surface area contributed by atoms with Crippen molar-refractivity contribution in [2.75, 3.05) is 32.8 Å². The van der Waals surface area contributed by atoms with E-state index in [1.54, 1.807) is 24.3 Å². The number of imidazole rings is 1. The lowest BCUT2D eigenvalue weighted by Crippen LogP contribution is -2.35. The van der Waals surface area contributed by atoms with E-state index in [2.05, 4.69) is 14.8 Å². The second kappa shape index (κ2) is 13.5. The van der Waals surface area contributed by atoms with Crippen LogP contribution in [-0.2, 0) is 24.4 Å². The fraction of sp³-hybridized carbons (Fsp3) is 0.394. The summed E-state index contributed by atoms with van der Waals surface area (Å²) in [5, 5.41) is 20.7. The first kappa shape index (κ1) is 29.7. The van der Waals surface area contributed by atoms with Gasteiger partial charge >= 0.3 is 0 Å². The molecule has 2 aliphatic heterocycles. The van der Waals surface area contributed by atoms with E-state index in [1.165, 1.54) is 6.07 Å². The Morgan fingerprint density at radius 1 is 1.14 bits per heavy atom. The normalized spacial score (nSPS) is 17.2. The maximum Gasteiger partial charge on any atom is 0.251 e. The molecule has 0 spiro atoms. The minimum atomic E-state index is -0.467. The molecule has 10 nitrogen and oxygen atoms in total. The van der Waals surface area contributed by atoms with E-state index in [0.29, 0.717) is 30.1 Å². The number of nitrogens with one attached hydrogen (secondary N) is 1. The van der Waals surface area contributed by atoms with Gasteiger partial charge in [-0.25, -0.2) is 14.4 Å². The topological polar surface area (TPSA) is 126 Å². The number of nitriles is 1. The first-order valence-corrected chi connectivity index (χ1v) is 15.0. The van der Waals surface area contributed by atoms with E-state index in [-0.39, 0.29) is 43.3 Å². The summed E-state index contributed by atoms with van der Waals surface area (Å²) < 4.78 is 28.0. The second-order valence-corrected chi connectivity index (χ2v) is 11.3. The van der Waals surface area contributed by atoms with Gasteiger partial charge in [0.2, 0.25) is 5.88 Å². The van der Waals surface area contributed by atoms with Crippen molar-refractivity contribution in [1.82, 2.24) is 24.8 Å². The fourth-order valence-corrected chi connectivity index (χ4v) is 5.75. The highest BCUT2D eigenvalue weighted by molar-refractivity contribution is 5.97. The number of aromatic nitrogens is 3. The molecule has 4 heterocycles. The zero-order valence-electron chi connectivity index (χ0n) is 24.4. The molecule has 6 rings (SSSR count). The second-order valence-electron chi connectivity index (χ2n) is 11.3. The third kappa shape index (κ3) is 6.73. The van der Waals surface area contributed by atoms with Crippen LogP contribution in [0.5, 0.6) is 5.88 Å². The summed E-state index contributed by atoms with van der Waals surface area (Å²) in [6.45, 7) is 4.04. The van der Waals surface area contributed by atoms with Crippen LogP contribution in [0.3, 0.4) is 0 Å². The van der Waals surface area contributed by atoms with Crippen molar-refractivity contribution in [2.45, 2.75) is 51.0 Å². The molecule has 4 aromatic rings. The zero-order chi connectivity index (χ0) is 30.5. The van der Waals surface area contributed by atoms with E-state index >= 15 is 0 Å². The van der Waals surface area contributed by atoms with Gasteiger partial charge in [-0.05, 0) is 68.8 Å². The summed E-state index contributed by atoms with van der Waals surface area (Å²) in [6, 6.07) is 17.5. The lowest BCUT2D eigenvalue weighted by Gasteiger charge is -2.32. The summed E-state index contributed by atoms with van der Waals surface area (Å²) in [5.74, 6) is 0.992. The van der Waals surface area contributed by atoms with Gasteiger partial charge in [0.15, 0.2) is 0 Å². The van der Waals surface area contributed by atoms with Crippen LogP contribution in [0, 0.1) is 17.1 Å². The lowest BCUT2D eigenvalue weighted by molar-refractivity contribution is -0.0592. The number of pyridine rings is 1. The maximum absolute atomic E-state index is 14.3. The number of nitrogens with zero attached hydrogens (tertiary/aromatic N) is 5. The van der Waals surface area contributed by atoms with Crippen molar-refractivity contribution in [3.05, 3.63) is 88.6 Å². The predicted molar refractivity (Wildman–Crippen MR) is 160 cm³/mol. The van der Waals surface area contributed by atoms with Crippen LogP contribution in [0.2, 0.25) is 0 Å². The van der Waals surface area contributed by atoms with Crippen LogP contribution in [-0.4, -0.2) is 69.4 Å². The highest BCUT2D eigenvalue weighted by Crippen LogP contribution is 2.30. The number of hydrogen-bond donors (Lipinski definition) is 2. The number of benzene rings is 2. The number of aliphatic hydroxyl groups excluding tert-OH is 1. The maximum atomic E-state index is 14.3. The summed E-state index contributed by atoms with van der Waals surface area (Å²) in [5.41, 5.74) is 3.90. The molecular weight excluding hydrogens is 563 g/mol. The Kier molecular flexibility index (Phi) is 9.12. The predicted octanol–water partition coefficient (Wildman–Crippen LogP) is 3.91. The Labute approximate surface area is 255 Å². The molecule has 2 fully saturated rings. The van der Waals surface area contributed by atoms with Crippen molar-refractivity contribution >= 4 is 16.9 Å². The molecule has 0 saturated carbocycles. The molecule has 2 aromatic carbocycles. The van der Waals surface area contributed by atoms with Gasteiger partial charge in [0.1, 0.15) is 18.2 Å². The van der Waals surface area contributed by atoms with E-state index in [9.17, 15) is 9.18 Å². The minimum Gasteiger partial charge on any atom is -0.473 e. The molecule has 44 heavy (non-hydrogen) atoms. The number of carbonyl (C=O) groups is 1. The molecule has 2 saturated heterocycles. The largest absolute Gasteiger partial charge is 0.473 e. The van der Waals surface area contributed by atoms with Crippen LogP contribution in [0.4, 0.5) is 4.39 Å². The first-order valence-electron chi connectivity index (χ1n) is 15.0. The molecule has 2 aliphatic rings. The molecule has 0 bridgehead atoms. The number of fused-ring (bicyclic) bond motifs is 1. The van der Waals surface area contributed by atoms with Crippen molar-refractivity contribution in [1.29, 1.82) is 5.26 Å². The quantitative estimate of drug-likeness (QED) is 0.266. The Balaban J connectivity index is 1.10. The zero-order valence-corrected chi connectivity index (χ0v) is 24.4. The number of halogens is 1. The van der Waals surface area contributed by atoms with Gasteiger partial charge in [-0.3, -0.25) is 9.69 Å². The monoisotopic (exact) mass is 598 g/mol. The van der Waals surface area contributed by atoms with Crippen LogP contribution >= 0.6 is 0 Å². The van der Waals surface area contributed by atoms with Crippen LogP contribution in [0.15, 0.2) is 54.6 Å². The number of carbonyl (C=O) groups excluding carboxylic acids is 1. The highest BCUT2D eigenvalue weighted by Gasteiger charge is 2.26. The highest BCUT2D eigenvalue weighted by atomic mass is 19.1. The smallest absolute Gasteiger partial charge is 0.251 e. The molecule has 0 unspecified atom stereocenters. The number of ether oxygens (including phenoxy) is 2.